The Morgan fingerprint density at radius 2 is 1.96 bits per heavy atom. The fourth-order valence-corrected chi connectivity index (χ4v) is 5.82. The van der Waals surface area contributed by atoms with E-state index in [1.54, 1.807) is 14.2 Å². The van der Waals surface area contributed by atoms with E-state index in [4.69, 9.17) is 9.47 Å². The molecule has 1 aromatic rings. The molecular weight excluding hydrogens is 329 g/mol. The van der Waals surface area contributed by atoms with Gasteiger partial charge in [0.15, 0.2) is 11.5 Å². The summed E-state index contributed by atoms with van der Waals surface area (Å²) in [6.07, 6.45) is 2.41. The van der Waals surface area contributed by atoms with Gasteiger partial charge in [0.25, 0.3) is 0 Å². The van der Waals surface area contributed by atoms with Crippen LogP contribution in [0.15, 0.2) is 12.1 Å². The molecule has 0 radical (unpaired) electrons. The van der Waals surface area contributed by atoms with Crippen LogP contribution in [0.3, 0.4) is 0 Å². The van der Waals surface area contributed by atoms with Crippen molar-refractivity contribution in [1.82, 2.24) is 4.90 Å². The Morgan fingerprint density at radius 3 is 2.58 bits per heavy atom. The van der Waals surface area contributed by atoms with Crippen molar-refractivity contribution in [2.45, 2.75) is 64.1 Å². The molecule has 0 amide bonds. The second kappa shape index (κ2) is 7.38. The van der Waals surface area contributed by atoms with Crippen molar-refractivity contribution in [2.75, 3.05) is 27.8 Å². The van der Waals surface area contributed by atoms with Gasteiger partial charge in [-0.05, 0) is 63.1 Å². The third kappa shape index (κ3) is 2.81. The van der Waals surface area contributed by atoms with E-state index in [9.17, 15) is 4.39 Å². The number of piperidine rings is 1. The van der Waals surface area contributed by atoms with E-state index in [1.807, 2.05) is 6.07 Å². The van der Waals surface area contributed by atoms with Gasteiger partial charge in [-0.15, -0.1) is 0 Å². The molecule has 26 heavy (non-hydrogen) atoms. The summed E-state index contributed by atoms with van der Waals surface area (Å²) < 4.78 is 26.1. The molecule has 0 aromatic heterocycles. The number of hydrogen-bond acceptors (Lipinski definition) is 3. The van der Waals surface area contributed by atoms with Crippen LogP contribution in [0.2, 0.25) is 0 Å². The summed E-state index contributed by atoms with van der Waals surface area (Å²) in [5.41, 5.74) is 2.54. The van der Waals surface area contributed by atoms with Crippen LogP contribution in [0.1, 0.15) is 51.2 Å². The lowest BCUT2D eigenvalue weighted by atomic mass is 9.52. The highest BCUT2D eigenvalue weighted by Gasteiger charge is 2.55. The molecular formula is C22H34FNO2. The van der Waals surface area contributed by atoms with Crippen LogP contribution in [0.25, 0.3) is 0 Å². The molecule has 1 saturated carbocycles. The highest BCUT2D eigenvalue weighted by molar-refractivity contribution is 5.56. The maximum atomic E-state index is 14.5. The quantitative estimate of drug-likeness (QED) is 0.780. The lowest BCUT2D eigenvalue weighted by Crippen LogP contribution is -2.61. The van der Waals surface area contributed by atoms with E-state index in [1.165, 1.54) is 11.1 Å². The minimum Gasteiger partial charge on any atom is -0.493 e. The summed E-state index contributed by atoms with van der Waals surface area (Å²) >= 11 is 0. The third-order valence-corrected chi connectivity index (χ3v) is 7.24. The minimum atomic E-state index is -0.698. The van der Waals surface area contributed by atoms with Gasteiger partial charge < -0.3 is 14.4 Å². The van der Waals surface area contributed by atoms with E-state index in [0.29, 0.717) is 24.8 Å². The summed E-state index contributed by atoms with van der Waals surface area (Å²) in [6.45, 7) is 7.83. The van der Waals surface area contributed by atoms with E-state index in [0.717, 1.165) is 30.9 Å². The fourth-order valence-electron chi connectivity index (χ4n) is 5.82. The van der Waals surface area contributed by atoms with Crippen molar-refractivity contribution in [2.24, 2.45) is 11.8 Å². The van der Waals surface area contributed by atoms with Crippen molar-refractivity contribution < 1.29 is 13.9 Å². The largest absolute Gasteiger partial charge is 0.493 e. The standard InChI is InChI=1S/C22H34FNO2/c1-7-16-8-9-19(25-5)21(26-6)20(16)22-11-10-17(23)12-18(22)15(3)24(4)13-14(22)2/h8-9,14-15,17-18H,7,10-13H2,1-6H3/t14?,15?,17?,18?,22-/m1/s1. The van der Waals surface area contributed by atoms with Crippen molar-refractivity contribution >= 4 is 0 Å². The Balaban J connectivity index is 2.27. The van der Waals surface area contributed by atoms with Crippen molar-refractivity contribution in [3.8, 4) is 11.5 Å². The monoisotopic (exact) mass is 363 g/mol. The van der Waals surface area contributed by atoms with E-state index in [2.05, 4.69) is 38.8 Å². The average Bonchev–Trinajstić information content (AvgIpc) is 2.65. The van der Waals surface area contributed by atoms with Crippen LogP contribution in [-0.2, 0) is 11.8 Å². The zero-order valence-corrected chi connectivity index (χ0v) is 17.1. The van der Waals surface area contributed by atoms with Crippen molar-refractivity contribution in [3.05, 3.63) is 23.3 Å². The first-order valence-corrected chi connectivity index (χ1v) is 9.99. The van der Waals surface area contributed by atoms with Gasteiger partial charge in [-0.3, -0.25) is 0 Å². The molecule has 3 rings (SSSR count). The van der Waals surface area contributed by atoms with Gasteiger partial charge in [0, 0.05) is 23.6 Å². The SMILES string of the molecule is CCc1ccc(OC)c(OC)c1[C@@]12CCC(F)CC1C(C)N(C)CC2C. The number of ether oxygens (including phenoxy) is 2. The smallest absolute Gasteiger partial charge is 0.164 e. The summed E-state index contributed by atoms with van der Waals surface area (Å²) in [6, 6.07) is 4.54. The van der Waals surface area contributed by atoms with E-state index in [-0.39, 0.29) is 11.3 Å². The highest BCUT2D eigenvalue weighted by Crippen LogP contribution is 2.58. The third-order valence-electron chi connectivity index (χ3n) is 7.24. The molecule has 0 spiro atoms. The Morgan fingerprint density at radius 1 is 1.23 bits per heavy atom. The number of alkyl halides is 1. The van der Waals surface area contributed by atoms with Crippen LogP contribution in [0.5, 0.6) is 11.5 Å². The molecule has 1 aliphatic carbocycles. The molecule has 2 aliphatic rings. The van der Waals surface area contributed by atoms with E-state index >= 15 is 0 Å². The molecule has 3 nitrogen and oxygen atoms in total. The summed E-state index contributed by atoms with van der Waals surface area (Å²) in [5.74, 6) is 2.37. The van der Waals surface area contributed by atoms with Crippen LogP contribution in [0, 0.1) is 11.8 Å². The summed E-state index contributed by atoms with van der Waals surface area (Å²) in [5, 5.41) is 0. The normalized spacial score (nSPS) is 35.0. The van der Waals surface area contributed by atoms with Gasteiger partial charge in [-0.1, -0.05) is 19.9 Å². The van der Waals surface area contributed by atoms with Crippen LogP contribution < -0.4 is 9.47 Å². The molecule has 0 bridgehead atoms. The first kappa shape index (κ1) is 19.5. The Bertz CT molecular complexity index is 649. The van der Waals surface area contributed by atoms with Crippen molar-refractivity contribution in [1.29, 1.82) is 0 Å². The zero-order valence-electron chi connectivity index (χ0n) is 17.1. The molecule has 4 unspecified atom stereocenters. The maximum absolute atomic E-state index is 14.5. The number of hydrogen-bond donors (Lipinski definition) is 0. The summed E-state index contributed by atoms with van der Waals surface area (Å²) in [4.78, 5) is 2.41. The first-order valence-electron chi connectivity index (χ1n) is 9.99. The number of nitrogens with zero attached hydrogens (tertiary/aromatic N) is 1. The number of rotatable bonds is 4. The van der Waals surface area contributed by atoms with Crippen LogP contribution in [0.4, 0.5) is 4.39 Å². The zero-order chi connectivity index (χ0) is 19.1. The van der Waals surface area contributed by atoms with Crippen LogP contribution in [-0.4, -0.2) is 44.9 Å². The molecule has 1 aromatic carbocycles. The van der Waals surface area contributed by atoms with Crippen LogP contribution >= 0.6 is 0 Å². The predicted octanol–water partition coefficient (Wildman–Crippen LogP) is 4.61. The molecule has 2 fully saturated rings. The Labute approximate surface area is 157 Å². The second-order valence-corrected chi connectivity index (χ2v) is 8.29. The molecule has 5 atom stereocenters. The number of methoxy groups -OCH3 is 2. The number of halogens is 1. The number of likely N-dealkylation sites (tertiary alicyclic amines) is 1. The molecule has 146 valence electrons. The van der Waals surface area contributed by atoms with Gasteiger partial charge >= 0.3 is 0 Å². The number of benzene rings is 1. The highest BCUT2D eigenvalue weighted by atomic mass is 19.1. The minimum absolute atomic E-state index is 0.0558. The Kier molecular flexibility index (Phi) is 5.53. The average molecular weight is 364 g/mol. The van der Waals surface area contributed by atoms with Gasteiger partial charge in [0.05, 0.1) is 14.2 Å². The number of aryl methyl sites for hydroxylation is 1. The van der Waals surface area contributed by atoms with Crippen molar-refractivity contribution in [3.63, 3.8) is 0 Å². The predicted molar refractivity (Wildman–Crippen MR) is 104 cm³/mol. The molecule has 0 N–H and O–H groups in total. The summed E-state index contributed by atoms with van der Waals surface area (Å²) in [7, 11) is 5.61. The Hall–Kier alpha value is -1.29. The topological polar surface area (TPSA) is 21.7 Å². The van der Waals surface area contributed by atoms with Gasteiger partial charge in [0.2, 0.25) is 0 Å². The number of fused-ring (bicyclic) bond motifs is 1. The molecule has 1 heterocycles. The second-order valence-electron chi connectivity index (χ2n) is 8.29. The molecule has 1 saturated heterocycles. The lowest BCUT2D eigenvalue weighted by molar-refractivity contribution is -0.0403. The maximum Gasteiger partial charge on any atom is 0.164 e. The van der Waals surface area contributed by atoms with Gasteiger partial charge in [-0.25, -0.2) is 4.39 Å². The van der Waals surface area contributed by atoms with E-state index < -0.39 is 6.17 Å². The molecule has 4 heteroatoms. The first-order chi connectivity index (χ1) is 12.4. The fraction of sp³-hybridized carbons (Fsp3) is 0.727. The lowest BCUT2D eigenvalue weighted by Gasteiger charge is -2.58. The molecule has 1 aliphatic heterocycles. The van der Waals surface area contributed by atoms with Gasteiger partial charge in [0.1, 0.15) is 6.17 Å². The van der Waals surface area contributed by atoms with Gasteiger partial charge in [-0.2, -0.15) is 0 Å².